The molecule has 2 fully saturated rings. The molecular formula is C29H44FNO. The van der Waals surface area contributed by atoms with Gasteiger partial charge < -0.3 is 5.32 Å². The monoisotopic (exact) mass is 441 g/mol. The van der Waals surface area contributed by atoms with E-state index in [0.29, 0.717) is 12.5 Å². The zero-order valence-electron chi connectivity index (χ0n) is 20.2. The minimum atomic E-state index is -0.151. The molecule has 1 aromatic carbocycles. The summed E-state index contributed by atoms with van der Waals surface area (Å²) < 4.78 is 14.9. The molecule has 2 saturated carbocycles. The van der Waals surface area contributed by atoms with Crippen LogP contribution >= 0.6 is 0 Å². The van der Waals surface area contributed by atoms with Crippen molar-refractivity contribution in [1.82, 2.24) is 5.32 Å². The van der Waals surface area contributed by atoms with Crippen molar-refractivity contribution in [2.45, 2.75) is 103 Å². The first kappa shape index (κ1) is 25.0. The Morgan fingerprint density at radius 1 is 1.03 bits per heavy atom. The number of carbonyl (C=O) groups is 1. The van der Waals surface area contributed by atoms with Crippen molar-refractivity contribution in [2.24, 2.45) is 17.8 Å². The van der Waals surface area contributed by atoms with E-state index in [1.165, 1.54) is 70.3 Å². The van der Waals surface area contributed by atoms with Crippen LogP contribution in [-0.2, 0) is 11.2 Å². The molecule has 0 spiro atoms. The van der Waals surface area contributed by atoms with Gasteiger partial charge in [0.2, 0.25) is 5.91 Å². The predicted octanol–water partition coefficient (Wildman–Crippen LogP) is 7.72. The second-order valence-electron chi connectivity index (χ2n) is 10.3. The van der Waals surface area contributed by atoms with Gasteiger partial charge in [-0.25, -0.2) is 4.39 Å². The summed E-state index contributed by atoms with van der Waals surface area (Å²) in [6.07, 6.45) is 19.1. The lowest BCUT2D eigenvalue weighted by molar-refractivity contribution is -0.116. The van der Waals surface area contributed by atoms with Gasteiger partial charge in [-0.1, -0.05) is 64.2 Å². The van der Waals surface area contributed by atoms with Gasteiger partial charge in [0.25, 0.3) is 0 Å². The Kier molecular flexibility index (Phi) is 10.3. The van der Waals surface area contributed by atoms with Crippen LogP contribution in [0, 0.1) is 23.6 Å². The normalized spacial score (nSPS) is 25.9. The largest absolute Gasteiger partial charge is 0.353 e. The fourth-order valence-corrected chi connectivity index (χ4v) is 6.17. The predicted molar refractivity (Wildman–Crippen MR) is 132 cm³/mol. The highest BCUT2D eigenvalue weighted by Crippen LogP contribution is 2.45. The van der Waals surface area contributed by atoms with Crippen LogP contribution in [-0.4, -0.2) is 12.5 Å². The average Bonchev–Trinajstić information content (AvgIpc) is 2.82. The van der Waals surface area contributed by atoms with Gasteiger partial charge in [-0.15, -0.1) is 0 Å². The van der Waals surface area contributed by atoms with E-state index in [0.717, 1.165) is 54.6 Å². The lowest BCUT2D eigenvalue weighted by Gasteiger charge is -2.38. The molecule has 1 N–H and O–H groups in total. The molecule has 0 aromatic heterocycles. The molecule has 2 aliphatic carbocycles. The molecule has 3 rings (SSSR count). The second-order valence-corrected chi connectivity index (χ2v) is 10.3. The molecule has 0 radical (unpaired) electrons. The number of nitrogens with one attached hydrogen (secondary N) is 1. The molecular weight excluding hydrogens is 397 g/mol. The van der Waals surface area contributed by atoms with Crippen molar-refractivity contribution < 1.29 is 9.18 Å². The van der Waals surface area contributed by atoms with E-state index in [-0.39, 0.29) is 11.7 Å². The quantitative estimate of drug-likeness (QED) is 0.276. The van der Waals surface area contributed by atoms with Crippen LogP contribution in [0.2, 0.25) is 0 Å². The maximum Gasteiger partial charge on any atom is 0.243 e. The second kappa shape index (κ2) is 13.2. The van der Waals surface area contributed by atoms with Crippen molar-refractivity contribution in [3.63, 3.8) is 0 Å². The molecule has 2 nitrogen and oxygen atoms in total. The van der Waals surface area contributed by atoms with Crippen molar-refractivity contribution in [1.29, 1.82) is 0 Å². The Morgan fingerprint density at radius 2 is 1.72 bits per heavy atom. The SMILES string of the molecule is C=CC(=O)NCCCc1ccc(C2CCC(C3CCC(CCCCC)CC3)CC2)c(F)c1. The lowest BCUT2D eigenvalue weighted by atomic mass is 9.68. The first-order chi connectivity index (χ1) is 15.6. The fraction of sp³-hybridized carbons (Fsp3) is 0.690. The third kappa shape index (κ3) is 7.46. The van der Waals surface area contributed by atoms with Gasteiger partial charge >= 0.3 is 0 Å². The summed E-state index contributed by atoms with van der Waals surface area (Å²) in [6, 6.07) is 5.83. The number of halogens is 1. The zero-order chi connectivity index (χ0) is 22.8. The summed E-state index contributed by atoms with van der Waals surface area (Å²) >= 11 is 0. The van der Waals surface area contributed by atoms with Crippen LogP contribution in [0.15, 0.2) is 30.9 Å². The Bertz CT molecular complexity index is 714. The molecule has 1 amide bonds. The standard InChI is InChI=1S/C29H44FNO/c1-3-5-6-8-22-10-13-24(14-11-22)25-15-17-26(18-16-25)27-19-12-23(21-28(27)30)9-7-20-31-29(32)4-2/h4,12,19,21-22,24-26H,2-3,5-11,13-18,20H2,1H3,(H,31,32). The average molecular weight is 442 g/mol. The molecule has 0 heterocycles. The number of benzene rings is 1. The van der Waals surface area contributed by atoms with Gasteiger partial charge in [0.05, 0.1) is 0 Å². The number of hydrogen-bond acceptors (Lipinski definition) is 1. The van der Waals surface area contributed by atoms with E-state index in [1.54, 1.807) is 6.07 Å². The van der Waals surface area contributed by atoms with Crippen LogP contribution in [0.1, 0.15) is 107 Å². The van der Waals surface area contributed by atoms with Gasteiger partial charge in [-0.2, -0.15) is 0 Å². The highest BCUT2D eigenvalue weighted by Gasteiger charge is 2.31. The van der Waals surface area contributed by atoms with Crippen LogP contribution in [0.5, 0.6) is 0 Å². The maximum absolute atomic E-state index is 14.9. The van der Waals surface area contributed by atoms with Crippen molar-refractivity contribution in [2.75, 3.05) is 6.54 Å². The van der Waals surface area contributed by atoms with E-state index < -0.39 is 0 Å². The van der Waals surface area contributed by atoms with Crippen LogP contribution in [0.3, 0.4) is 0 Å². The molecule has 0 saturated heterocycles. The van der Waals surface area contributed by atoms with Gasteiger partial charge in [0.1, 0.15) is 5.82 Å². The summed E-state index contributed by atoms with van der Waals surface area (Å²) in [5.41, 5.74) is 1.94. The Hall–Kier alpha value is -1.64. The van der Waals surface area contributed by atoms with Crippen LogP contribution in [0.4, 0.5) is 4.39 Å². The molecule has 32 heavy (non-hydrogen) atoms. The van der Waals surface area contributed by atoms with E-state index >= 15 is 0 Å². The van der Waals surface area contributed by atoms with Gasteiger partial charge in [0.15, 0.2) is 0 Å². The first-order valence-electron chi connectivity index (χ1n) is 13.3. The van der Waals surface area contributed by atoms with Gasteiger partial charge in [-0.05, 0) is 98.3 Å². The minimum Gasteiger partial charge on any atom is -0.353 e. The Balaban J connectivity index is 1.40. The van der Waals surface area contributed by atoms with Crippen LogP contribution in [0.25, 0.3) is 0 Å². The summed E-state index contributed by atoms with van der Waals surface area (Å²) in [5.74, 6) is 2.98. The van der Waals surface area contributed by atoms with Gasteiger partial charge in [0, 0.05) is 6.54 Å². The highest BCUT2D eigenvalue weighted by molar-refractivity contribution is 5.86. The smallest absolute Gasteiger partial charge is 0.243 e. The van der Waals surface area contributed by atoms with Crippen molar-refractivity contribution in [3.05, 3.63) is 47.8 Å². The van der Waals surface area contributed by atoms with Crippen molar-refractivity contribution >= 4 is 5.91 Å². The third-order valence-corrected chi connectivity index (χ3v) is 8.18. The number of amides is 1. The summed E-state index contributed by atoms with van der Waals surface area (Å²) in [7, 11) is 0. The molecule has 0 aliphatic heterocycles. The number of carbonyl (C=O) groups excluding carboxylic acids is 1. The zero-order valence-corrected chi connectivity index (χ0v) is 20.2. The lowest BCUT2D eigenvalue weighted by Crippen LogP contribution is -2.25. The first-order valence-corrected chi connectivity index (χ1v) is 13.3. The van der Waals surface area contributed by atoms with E-state index in [1.807, 2.05) is 6.07 Å². The fourth-order valence-electron chi connectivity index (χ4n) is 6.17. The molecule has 3 heteroatoms. The summed E-state index contributed by atoms with van der Waals surface area (Å²) in [5, 5.41) is 2.77. The summed E-state index contributed by atoms with van der Waals surface area (Å²) in [4.78, 5) is 11.2. The molecule has 1 aromatic rings. The number of unbranched alkanes of at least 4 members (excludes halogenated alkanes) is 2. The van der Waals surface area contributed by atoms with E-state index in [9.17, 15) is 9.18 Å². The summed E-state index contributed by atoms with van der Waals surface area (Å²) in [6.45, 7) is 6.34. The number of rotatable bonds is 11. The molecule has 2 aliphatic rings. The molecule has 178 valence electrons. The number of aryl methyl sites for hydroxylation is 1. The maximum atomic E-state index is 14.9. The molecule has 0 atom stereocenters. The molecule has 0 unspecified atom stereocenters. The molecule has 0 bridgehead atoms. The Morgan fingerprint density at radius 3 is 2.34 bits per heavy atom. The van der Waals surface area contributed by atoms with E-state index in [4.69, 9.17) is 0 Å². The van der Waals surface area contributed by atoms with E-state index in [2.05, 4.69) is 24.9 Å². The van der Waals surface area contributed by atoms with Crippen molar-refractivity contribution in [3.8, 4) is 0 Å². The Labute approximate surface area is 195 Å². The highest BCUT2D eigenvalue weighted by atomic mass is 19.1. The number of hydrogen-bond donors (Lipinski definition) is 1. The van der Waals surface area contributed by atoms with Gasteiger partial charge in [-0.3, -0.25) is 4.79 Å². The minimum absolute atomic E-state index is 0.0336. The third-order valence-electron chi connectivity index (χ3n) is 8.18. The topological polar surface area (TPSA) is 29.1 Å². The van der Waals surface area contributed by atoms with Crippen LogP contribution < -0.4 is 5.32 Å².